The van der Waals surface area contributed by atoms with Crippen LogP contribution in [0.25, 0.3) is 0 Å². The highest BCUT2D eigenvalue weighted by Crippen LogP contribution is 2.21. The van der Waals surface area contributed by atoms with Gasteiger partial charge in [0.1, 0.15) is 0 Å². The van der Waals surface area contributed by atoms with E-state index in [0.29, 0.717) is 6.54 Å². The first-order valence-electron chi connectivity index (χ1n) is 4.48. The maximum absolute atomic E-state index is 11.2. The van der Waals surface area contributed by atoms with Gasteiger partial charge in [-0.15, -0.1) is 11.3 Å². The molecule has 3 nitrogen and oxygen atoms in total. The number of halogens is 1. The average Bonchev–Trinajstić information content (AvgIpc) is 2.58. The average molecular weight is 277 g/mol. The van der Waals surface area contributed by atoms with Crippen LogP contribution in [0.4, 0.5) is 4.79 Å². The highest BCUT2D eigenvalue weighted by atomic mass is 79.9. The lowest BCUT2D eigenvalue weighted by molar-refractivity contribution is 0.240. The summed E-state index contributed by atoms with van der Waals surface area (Å²) in [5, 5.41) is 5.54. The van der Waals surface area contributed by atoms with Crippen LogP contribution >= 0.6 is 27.3 Å². The van der Waals surface area contributed by atoms with Crippen molar-refractivity contribution in [1.82, 2.24) is 10.6 Å². The topological polar surface area (TPSA) is 41.1 Å². The minimum absolute atomic E-state index is 0.101. The Hall–Kier alpha value is -0.550. The Morgan fingerprint density at radius 3 is 2.86 bits per heavy atom. The van der Waals surface area contributed by atoms with Gasteiger partial charge < -0.3 is 10.6 Å². The first-order valence-corrected chi connectivity index (χ1v) is 6.09. The van der Waals surface area contributed by atoms with Gasteiger partial charge in [0.2, 0.25) is 0 Å². The summed E-state index contributed by atoms with van der Waals surface area (Å²) in [7, 11) is 0. The Balaban J connectivity index is 2.23. The zero-order chi connectivity index (χ0) is 10.4. The van der Waals surface area contributed by atoms with Gasteiger partial charge in [0, 0.05) is 11.4 Å². The fourth-order valence-electron chi connectivity index (χ4n) is 0.915. The van der Waals surface area contributed by atoms with Crippen molar-refractivity contribution in [3.8, 4) is 0 Å². The number of amides is 2. The summed E-state index contributed by atoms with van der Waals surface area (Å²) in [5.41, 5.74) is 0. The molecule has 0 saturated heterocycles. The molecular weight excluding hydrogens is 264 g/mol. The summed E-state index contributed by atoms with van der Waals surface area (Å²) in [6, 6.07) is 3.87. The lowest BCUT2D eigenvalue weighted by atomic mass is 10.4. The van der Waals surface area contributed by atoms with Gasteiger partial charge in [-0.2, -0.15) is 0 Å². The van der Waals surface area contributed by atoms with Crippen molar-refractivity contribution in [2.45, 2.75) is 19.9 Å². The molecule has 0 atom stereocenters. The van der Waals surface area contributed by atoms with Gasteiger partial charge in [0.15, 0.2) is 0 Å². The van der Waals surface area contributed by atoms with E-state index in [-0.39, 0.29) is 6.03 Å². The molecule has 0 aliphatic rings. The van der Waals surface area contributed by atoms with E-state index >= 15 is 0 Å². The van der Waals surface area contributed by atoms with Gasteiger partial charge in [-0.05, 0) is 34.5 Å². The van der Waals surface area contributed by atoms with Crippen LogP contribution in [0.1, 0.15) is 18.2 Å². The smallest absolute Gasteiger partial charge is 0.315 e. The van der Waals surface area contributed by atoms with Crippen molar-refractivity contribution in [3.63, 3.8) is 0 Å². The number of rotatable bonds is 4. The summed E-state index contributed by atoms with van der Waals surface area (Å²) in [6.45, 7) is 3.34. The van der Waals surface area contributed by atoms with Crippen LogP contribution in [-0.4, -0.2) is 12.6 Å². The zero-order valence-corrected chi connectivity index (χ0v) is 10.4. The second-order valence-corrected chi connectivity index (χ2v) is 5.36. The normalized spacial score (nSPS) is 9.86. The fourth-order valence-corrected chi connectivity index (χ4v) is 2.34. The van der Waals surface area contributed by atoms with Crippen molar-refractivity contribution < 1.29 is 4.79 Å². The third kappa shape index (κ3) is 4.11. The molecule has 5 heteroatoms. The highest BCUT2D eigenvalue weighted by molar-refractivity contribution is 9.11. The molecule has 0 spiro atoms. The SMILES string of the molecule is CCCNC(=O)NCc1ccc(Br)s1. The molecule has 2 N–H and O–H groups in total. The first kappa shape index (κ1) is 11.5. The van der Waals surface area contributed by atoms with E-state index in [4.69, 9.17) is 0 Å². The van der Waals surface area contributed by atoms with E-state index in [1.165, 1.54) is 0 Å². The van der Waals surface area contributed by atoms with Crippen LogP contribution in [0.3, 0.4) is 0 Å². The molecule has 2 amide bonds. The molecule has 0 aromatic carbocycles. The number of hydrogen-bond donors (Lipinski definition) is 2. The molecule has 1 rings (SSSR count). The fraction of sp³-hybridized carbons (Fsp3) is 0.444. The van der Waals surface area contributed by atoms with Crippen LogP contribution in [0.2, 0.25) is 0 Å². The van der Waals surface area contributed by atoms with Crippen LogP contribution in [0.5, 0.6) is 0 Å². The molecule has 78 valence electrons. The number of hydrogen-bond acceptors (Lipinski definition) is 2. The number of thiophene rings is 1. The van der Waals surface area contributed by atoms with Gasteiger partial charge in [0.05, 0.1) is 10.3 Å². The molecule has 0 saturated carbocycles. The third-order valence-corrected chi connectivity index (χ3v) is 3.21. The molecule has 1 heterocycles. The molecule has 0 fully saturated rings. The number of urea groups is 1. The van der Waals surface area contributed by atoms with Gasteiger partial charge in [-0.3, -0.25) is 0 Å². The van der Waals surface area contributed by atoms with Crippen molar-refractivity contribution >= 4 is 33.3 Å². The van der Waals surface area contributed by atoms with Crippen LogP contribution in [0.15, 0.2) is 15.9 Å². The van der Waals surface area contributed by atoms with Crippen molar-refractivity contribution in [2.24, 2.45) is 0 Å². The largest absolute Gasteiger partial charge is 0.338 e. The Morgan fingerprint density at radius 2 is 2.29 bits per heavy atom. The number of carbonyl (C=O) groups excluding carboxylic acids is 1. The molecule has 0 bridgehead atoms. The van der Waals surface area contributed by atoms with Crippen molar-refractivity contribution in [2.75, 3.05) is 6.54 Å². The molecular formula is C9H13BrN2OS. The second-order valence-electron chi connectivity index (χ2n) is 2.82. The molecule has 14 heavy (non-hydrogen) atoms. The standard InChI is InChI=1S/C9H13BrN2OS/c1-2-5-11-9(13)12-6-7-3-4-8(10)14-7/h3-4H,2,5-6H2,1H3,(H2,11,12,13). The highest BCUT2D eigenvalue weighted by Gasteiger charge is 2.00. The van der Waals surface area contributed by atoms with E-state index in [2.05, 4.69) is 26.6 Å². The van der Waals surface area contributed by atoms with E-state index < -0.39 is 0 Å². The Kier molecular flexibility index (Phi) is 4.97. The lowest BCUT2D eigenvalue weighted by Gasteiger charge is -2.04. The maximum atomic E-state index is 11.2. The van der Waals surface area contributed by atoms with E-state index in [1.54, 1.807) is 11.3 Å². The van der Waals surface area contributed by atoms with Crippen LogP contribution < -0.4 is 10.6 Å². The molecule has 1 aromatic rings. The molecule has 1 aromatic heterocycles. The van der Waals surface area contributed by atoms with Crippen LogP contribution in [-0.2, 0) is 6.54 Å². The molecule has 0 aliphatic heterocycles. The maximum Gasteiger partial charge on any atom is 0.315 e. The monoisotopic (exact) mass is 276 g/mol. The third-order valence-electron chi connectivity index (χ3n) is 1.59. The molecule has 0 unspecified atom stereocenters. The van der Waals surface area contributed by atoms with Crippen LogP contribution in [0, 0.1) is 0 Å². The first-order chi connectivity index (χ1) is 6.72. The Bertz CT molecular complexity index is 301. The van der Waals surface area contributed by atoms with Gasteiger partial charge in [0.25, 0.3) is 0 Å². The quantitative estimate of drug-likeness (QED) is 0.873. The summed E-state index contributed by atoms with van der Waals surface area (Å²) < 4.78 is 1.09. The Labute approximate surface area is 96.0 Å². The Morgan fingerprint density at radius 1 is 1.50 bits per heavy atom. The van der Waals surface area contributed by atoms with E-state index in [9.17, 15) is 4.79 Å². The van der Waals surface area contributed by atoms with Crippen molar-refractivity contribution in [3.05, 3.63) is 20.8 Å². The molecule has 0 radical (unpaired) electrons. The number of carbonyl (C=O) groups is 1. The van der Waals surface area contributed by atoms with Gasteiger partial charge in [-0.25, -0.2) is 4.79 Å². The van der Waals surface area contributed by atoms with Crippen molar-refractivity contribution in [1.29, 1.82) is 0 Å². The summed E-state index contributed by atoms with van der Waals surface area (Å²) >= 11 is 5.00. The molecule has 0 aliphatic carbocycles. The lowest BCUT2D eigenvalue weighted by Crippen LogP contribution is -2.35. The minimum atomic E-state index is -0.101. The summed E-state index contributed by atoms with van der Waals surface area (Å²) in [4.78, 5) is 12.3. The van der Waals surface area contributed by atoms with Gasteiger partial charge >= 0.3 is 6.03 Å². The van der Waals surface area contributed by atoms with E-state index in [1.807, 2.05) is 19.1 Å². The minimum Gasteiger partial charge on any atom is -0.338 e. The summed E-state index contributed by atoms with van der Waals surface area (Å²) in [5.74, 6) is 0. The van der Waals surface area contributed by atoms with Gasteiger partial charge in [-0.1, -0.05) is 6.92 Å². The van der Waals surface area contributed by atoms with E-state index in [0.717, 1.165) is 21.6 Å². The number of nitrogens with one attached hydrogen (secondary N) is 2. The summed E-state index contributed by atoms with van der Waals surface area (Å²) in [6.07, 6.45) is 0.956. The predicted molar refractivity (Wildman–Crippen MR) is 62.5 cm³/mol. The zero-order valence-electron chi connectivity index (χ0n) is 7.97. The second kappa shape index (κ2) is 6.03. The predicted octanol–water partition coefficient (Wildman–Crippen LogP) is 2.72.